The zero-order chi connectivity index (χ0) is 12.3. The zero-order valence-electron chi connectivity index (χ0n) is 9.68. The van der Waals surface area contributed by atoms with Crippen LogP contribution in [0.15, 0.2) is 54.1 Å². The molecule has 0 fully saturated rings. The first-order chi connectivity index (χ1) is 8.13. The number of ketones is 1. The lowest BCUT2D eigenvalue weighted by Crippen LogP contribution is -2.20. The van der Waals surface area contributed by atoms with Gasteiger partial charge in [-0.05, 0) is 18.1 Å². The summed E-state index contributed by atoms with van der Waals surface area (Å²) < 4.78 is 0. The Kier molecular flexibility index (Phi) is 2.93. The number of nitriles is 1. The van der Waals surface area contributed by atoms with Crippen molar-refractivity contribution in [2.24, 2.45) is 5.41 Å². The standard InChI is InChI=1S/C15H13NO/c1-15(9-12-5-3-2-4-6-12)8-7-14(17)13(10-15)11-16/h2-8,10H,9H2,1H3. The van der Waals surface area contributed by atoms with Crippen molar-refractivity contribution in [3.63, 3.8) is 0 Å². The number of allylic oxidation sites excluding steroid dienone is 4. The van der Waals surface area contributed by atoms with E-state index in [0.29, 0.717) is 0 Å². The minimum Gasteiger partial charge on any atom is -0.289 e. The number of hydrogen-bond acceptors (Lipinski definition) is 2. The molecule has 1 atom stereocenters. The van der Waals surface area contributed by atoms with E-state index < -0.39 is 0 Å². The van der Waals surface area contributed by atoms with Gasteiger partial charge in [-0.1, -0.05) is 49.4 Å². The smallest absolute Gasteiger partial charge is 0.195 e. The number of hydrogen-bond donors (Lipinski definition) is 0. The maximum absolute atomic E-state index is 11.4. The van der Waals surface area contributed by atoms with Crippen LogP contribution in [-0.2, 0) is 11.2 Å². The van der Waals surface area contributed by atoms with Gasteiger partial charge in [0, 0.05) is 5.41 Å². The minimum absolute atomic E-state index is 0.196. The molecule has 0 aromatic heterocycles. The van der Waals surface area contributed by atoms with Gasteiger partial charge in [0.2, 0.25) is 0 Å². The molecule has 1 aliphatic rings. The van der Waals surface area contributed by atoms with E-state index in [1.165, 1.54) is 11.6 Å². The predicted molar refractivity (Wildman–Crippen MR) is 66.1 cm³/mol. The summed E-state index contributed by atoms with van der Waals surface area (Å²) in [7, 11) is 0. The topological polar surface area (TPSA) is 40.9 Å². The van der Waals surface area contributed by atoms with Crippen molar-refractivity contribution in [3.8, 4) is 6.07 Å². The molecule has 0 radical (unpaired) electrons. The molecule has 0 N–H and O–H groups in total. The van der Waals surface area contributed by atoms with Crippen LogP contribution in [0, 0.1) is 16.7 Å². The van der Waals surface area contributed by atoms with Crippen LogP contribution in [0.2, 0.25) is 0 Å². The Hall–Kier alpha value is -2.14. The second kappa shape index (κ2) is 4.39. The third-order valence-corrected chi connectivity index (χ3v) is 2.90. The van der Waals surface area contributed by atoms with Gasteiger partial charge in [-0.3, -0.25) is 4.79 Å². The number of rotatable bonds is 2. The highest BCUT2D eigenvalue weighted by molar-refractivity contribution is 6.08. The summed E-state index contributed by atoms with van der Waals surface area (Å²) in [6.07, 6.45) is 5.94. The van der Waals surface area contributed by atoms with E-state index in [9.17, 15) is 4.79 Å². The molecule has 0 saturated carbocycles. The molecule has 2 nitrogen and oxygen atoms in total. The van der Waals surface area contributed by atoms with Crippen LogP contribution in [-0.4, -0.2) is 5.78 Å². The van der Waals surface area contributed by atoms with Gasteiger partial charge in [-0.25, -0.2) is 0 Å². The molecular formula is C15H13NO. The molecule has 1 aromatic carbocycles. The second-order valence-electron chi connectivity index (χ2n) is 4.54. The Morgan fingerprint density at radius 3 is 2.65 bits per heavy atom. The first kappa shape index (κ1) is 11.3. The van der Waals surface area contributed by atoms with E-state index in [0.717, 1.165) is 6.42 Å². The Labute approximate surface area is 101 Å². The van der Waals surface area contributed by atoms with Crippen LogP contribution in [0.5, 0.6) is 0 Å². The van der Waals surface area contributed by atoms with Gasteiger partial charge in [-0.15, -0.1) is 0 Å². The molecule has 0 heterocycles. The summed E-state index contributed by atoms with van der Waals surface area (Å²) in [4.78, 5) is 11.4. The van der Waals surface area contributed by atoms with Crippen molar-refractivity contribution in [3.05, 3.63) is 59.7 Å². The summed E-state index contributed by atoms with van der Waals surface area (Å²) >= 11 is 0. The van der Waals surface area contributed by atoms with Gasteiger partial charge >= 0.3 is 0 Å². The SMILES string of the molecule is CC1(Cc2ccccc2)C=CC(=O)C(C#N)=C1. The average Bonchev–Trinajstić information content (AvgIpc) is 2.34. The van der Waals surface area contributed by atoms with Gasteiger partial charge in [0.25, 0.3) is 0 Å². The quantitative estimate of drug-likeness (QED) is 0.773. The fourth-order valence-corrected chi connectivity index (χ4v) is 2.04. The average molecular weight is 223 g/mol. The van der Waals surface area contributed by atoms with Crippen molar-refractivity contribution in [1.29, 1.82) is 5.26 Å². The molecule has 0 saturated heterocycles. The number of benzene rings is 1. The van der Waals surface area contributed by atoms with E-state index >= 15 is 0 Å². The second-order valence-corrected chi connectivity index (χ2v) is 4.54. The van der Waals surface area contributed by atoms with Crippen LogP contribution in [0.4, 0.5) is 0 Å². The third kappa shape index (κ3) is 2.51. The molecule has 0 aliphatic heterocycles. The molecule has 0 amide bonds. The molecule has 17 heavy (non-hydrogen) atoms. The number of carbonyl (C=O) groups is 1. The molecule has 1 unspecified atom stereocenters. The molecular weight excluding hydrogens is 210 g/mol. The van der Waals surface area contributed by atoms with Crippen molar-refractivity contribution in [2.75, 3.05) is 0 Å². The molecule has 0 bridgehead atoms. The van der Waals surface area contributed by atoms with Crippen LogP contribution >= 0.6 is 0 Å². The van der Waals surface area contributed by atoms with Crippen molar-refractivity contribution in [1.82, 2.24) is 0 Å². The zero-order valence-corrected chi connectivity index (χ0v) is 9.68. The highest BCUT2D eigenvalue weighted by Gasteiger charge is 2.25. The first-order valence-electron chi connectivity index (χ1n) is 5.53. The molecule has 1 aliphatic carbocycles. The Bertz CT molecular complexity index is 534. The Balaban J connectivity index is 2.27. The fourth-order valence-electron chi connectivity index (χ4n) is 2.04. The highest BCUT2D eigenvalue weighted by atomic mass is 16.1. The lowest BCUT2D eigenvalue weighted by Gasteiger charge is -2.24. The first-order valence-corrected chi connectivity index (χ1v) is 5.53. The predicted octanol–water partition coefficient (Wildman–Crippen LogP) is 2.82. The molecule has 2 heteroatoms. The monoisotopic (exact) mass is 223 g/mol. The fraction of sp³-hybridized carbons (Fsp3) is 0.200. The lowest BCUT2D eigenvalue weighted by molar-refractivity contribution is -0.111. The highest BCUT2D eigenvalue weighted by Crippen LogP contribution is 2.30. The summed E-state index contributed by atoms with van der Waals surface area (Å²) in [5, 5.41) is 8.89. The summed E-state index contributed by atoms with van der Waals surface area (Å²) in [6, 6.07) is 12.0. The maximum Gasteiger partial charge on any atom is 0.195 e. The normalized spacial score (nSPS) is 23.1. The molecule has 1 aromatic rings. The van der Waals surface area contributed by atoms with E-state index in [4.69, 9.17) is 5.26 Å². The van der Waals surface area contributed by atoms with Gasteiger partial charge in [0.15, 0.2) is 5.78 Å². The van der Waals surface area contributed by atoms with Gasteiger partial charge in [-0.2, -0.15) is 5.26 Å². The summed E-state index contributed by atoms with van der Waals surface area (Å²) in [5.74, 6) is -0.196. The lowest BCUT2D eigenvalue weighted by atomic mass is 9.78. The van der Waals surface area contributed by atoms with Crippen LogP contribution in [0.3, 0.4) is 0 Å². The van der Waals surface area contributed by atoms with Crippen molar-refractivity contribution >= 4 is 5.78 Å². The largest absolute Gasteiger partial charge is 0.289 e. The van der Waals surface area contributed by atoms with E-state index in [1.54, 1.807) is 6.08 Å². The van der Waals surface area contributed by atoms with E-state index in [2.05, 4.69) is 12.1 Å². The molecule has 0 spiro atoms. The van der Waals surface area contributed by atoms with Crippen LogP contribution in [0.1, 0.15) is 12.5 Å². The van der Waals surface area contributed by atoms with E-state index in [1.807, 2.05) is 37.3 Å². The van der Waals surface area contributed by atoms with E-state index in [-0.39, 0.29) is 16.8 Å². The Morgan fingerprint density at radius 1 is 1.29 bits per heavy atom. The number of carbonyl (C=O) groups excluding carboxylic acids is 1. The maximum atomic E-state index is 11.4. The summed E-state index contributed by atoms with van der Waals surface area (Å²) in [5.41, 5.74) is 1.19. The van der Waals surface area contributed by atoms with Gasteiger partial charge < -0.3 is 0 Å². The number of nitrogens with zero attached hydrogens (tertiary/aromatic N) is 1. The van der Waals surface area contributed by atoms with Gasteiger partial charge in [0.05, 0.1) is 5.57 Å². The van der Waals surface area contributed by atoms with Gasteiger partial charge in [0.1, 0.15) is 6.07 Å². The third-order valence-electron chi connectivity index (χ3n) is 2.90. The van der Waals surface area contributed by atoms with Crippen LogP contribution in [0.25, 0.3) is 0 Å². The molecule has 2 rings (SSSR count). The van der Waals surface area contributed by atoms with Crippen molar-refractivity contribution in [2.45, 2.75) is 13.3 Å². The summed E-state index contributed by atoms with van der Waals surface area (Å²) in [6.45, 7) is 2.03. The van der Waals surface area contributed by atoms with Crippen LogP contribution < -0.4 is 0 Å². The minimum atomic E-state index is -0.250. The molecule has 84 valence electrons. The van der Waals surface area contributed by atoms with Crippen molar-refractivity contribution < 1.29 is 4.79 Å². The Morgan fingerprint density at radius 2 is 2.00 bits per heavy atom.